The zero-order valence-electron chi connectivity index (χ0n) is 8.83. The van der Waals surface area contributed by atoms with E-state index in [0.717, 1.165) is 18.2 Å². The van der Waals surface area contributed by atoms with Gasteiger partial charge in [-0.25, -0.2) is 4.39 Å². The molecule has 17 heavy (non-hydrogen) atoms. The molecule has 0 aliphatic rings. The SMILES string of the molecule is Cn1ccc(Oc2cc(F)ccc2[N+](=O)[O-])n1. The normalized spacial score (nSPS) is 10.2. The third-order valence-electron chi connectivity index (χ3n) is 2.02. The summed E-state index contributed by atoms with van der Waals surface area (Å²) in [5.41, 5.74) is -0.308. The molecule has 0 aliphatic heterocycles. The number of benzene rings is 1. The van der Waals surface area contributed by atoms with E-state index in [9.17, 15) is 14.5 Å². The zero-order valence-corrected chi connectivity index (χ0v) is 8.83. The molecule has 7 heteroatoms. The van der Waals surface area contributed by atoms with Crippen molar-refractivity contribution in [2.45, 2.75) is 0 Å². The molecule has 88 valence electrons. The van der Waals surface area contributed by atoms with Gasteiger partial charge in [0, 0.05) is 31.4 Å². The van der Waals surface area contributed by atoms with Gasteiger partial charge in [-0.3, -0.25) is 14.8 Å². The number of nitro benzene ring substituents is 1. The number of aryl methyl sites for hydroxylation is 1. The third-order valence-corrected chi connectivity index (χ3v) is 2.02. The minimum atomic E-state index is -0.641. The molecular formula is C10H8FN3O3. The maximum atomic E-state index is 13.0. The first kappa shape index (κ1) is 11.1. The Hall–Kier alpha value is -2.44. The molecule has 0 saturated heterocycles. The van der Waals surface area contributed by atoms with E-state index in [1.54, 1.807) is 13.2 Å². The van der Waals surface area contributed by atoms with Crippen molar-refractivity contribution in [2.24, 2.45) is 7.05 Å². The summed E-state index contributed by atoms with van der Waals surface area (Å²) >= 11 is 0. The van der Waals surface area contributed by atoms with Crippen molar-refractivity contribution in [3.05, 3.63) is 46.4 Å². The Morgan fingerprint density at radius 3 is 2.82 bits per heavy atom. The molecule has 2 rings (SSSR count). The molecule has 0 saturated carbocycles. The first-order chi connectivity index (χ1) is 8.06. The van der Waals surface area contributed by atoms with Gasteiger partial charge in [0.15, 0.2) is 0 Å². The summed E-state index contributed by atoms with van der Waals surface area (Å²) in [6.07, 6.45) is 1.61. The fourth-order valence-electron chi connectivity index (χ4n) is 1.28. The largest absolute Gasteiger partial charge is 0.430 e. The lowest BCUT2D eigenvalue weighted by atomic mass is 10.3. The highest BCUT2D eigenvalue weighted by molar-refractivity contribution is 5.47. The van der Waals surface area contributed by atoms with E-state index >= 15 is 0 Å². The van der Waals surface area contributed by atoms with Gasteiger partial charge in [-0.15, -0.1) is 5.10 Å². The van der Waals surface area contributed by atoms with Crippen molar-refractivity contribution in [3.8, 4) is 11.6 Å². The van der Waals surface area contributed by atoms with E-state index in [4.69, 9.17) is 4.74 Å². The van der Waals surface area contributed by atoms with Crippen LogP contribution in [0.1, 0.15) is 0 Å². The molecule has 1 aromatic carbocycles. The van der Waals surface area contributed by atoms with Gasteiger partial charge in [0.1, 0.15) is 5.82 Å². The van der Waals surface area contributed by atoms with E-state index in [1.165, 1.54) is 10.7 Å². The Morgan fingerprint density at radius 2 is 2.24 bits per heavy atom. The van der Waals surface area contributed by atoms with Crippen molar-refractivity contribution < 1.29 is 14.1 Å². The Morgan fingerprint density at radius 1 is 1.47 bits per heavy atom. The fourth-order valence-corrected chi connectivity index (χ4v) is 1.28. The quantitative estimate of drug-likeness (QED) is 0.606. The van der Waals surface area contributed by atoms with Gasteiger partial charge in [-0.2, -0.15) is 0 Å². The molecule has 2 aromatic rings. The van der Waals surface area contributed by atoms with Crippen LogP contribution in [-0.4, -0.2) is 14.7 Å². The highest BCUT2D eigenvalue weighted by Crippen LogP contribution is 2.30. The highest BCUT2D eigenvalue weighted by atomic mass is 19.1. The molecule has 1 heterocycles. The second-order valence-corrected chi connectivity index (χ2v) is 3.30. The van der Waals surface area contributed by atoms with Crippen molar-refractivity contribution in [2.75, 3.05) is 0 Å². The third kappa shape index (κ3) is 2.39. The number of nitrogens with zero attached hydrogens (tertiary/aromatic N) is 3. The van der Waals surface area contributed by atoms with Crippen LogP contribution < -0.4 is 4.74 Å². The molecule has 0 fully saturated rings. The van der Waals surface area contributed by atoms with Gasteiger partial charge >= 0.3 is 5.69 Å². The summed E-state index contributed by atoms with van der Waals surface area (Å²) in [5.74, 6) is -0.614. The summed E-state index contributed by atoms with van der Waals surface area (Å²) in [6, 6.07) is 4.53. The van der Waals surface area contributed by atoms with Crippen LogP contribution in [0, 0.1) is 15.9 Å². The van der Waals surface area contributed by atoms with Gasteiger partial charge in [0.05, 0.1) is 4.92 Å². The average Bonchev–Trinajstić information content (AvgIpc) is 2.63. The van der Waals surface area contributed by atoms with Crippen LogP contribution >= 0.6 is 0 Å². The number of hydrogen-bond acceptors (Lipinski definition) is 4. The lowest BCUT2D eigenvalue weighted by Gasteiger charge is -2.02. The van der Waals surface area contributed by atoms with E-state index in [1.807, 2.05) is 0 Å². The molecule has 1 aromatic heterocycles. The number of halogens is 1. The minimum absolute atomic E-state index is 0.168. The first-order valence-corrected chi connectivity index (χ1v) is 4.68. The standard InChI is InChI=1S/C10H8FN3O3/c1-13-5-4-10(12-13)17-9-6-7(11)2-3-8(9)14(15)16/h2-6H,1H3. The van der Waals surface area contributed by atoms with Crippen LogP contribution in [0.25, 0.3) is 0 Å². The average molecular weight is 237 g/mol. The second-order valence-electron chi connectivity index (χ2n) is 3.30. The molecule has 0 bridgehead atoms. The van der Waals surface area contributed by atoms with Gasteiger partial charge < -0.3 is 4.74 Å². The molecule has 0 amide bonds. The van der Waals surface area contributed by atoms with Crippen LogP contribution in [0.5, 0.6) is 11.6 Å². The molecule has 0 atom stereocenters. The predicted molar refractivity (Wildman–Crippen MR) is 56.3 cm³/mol. The second kappa shape index (κ2) is 4.20. The lowest BCUT2D eigenvalue weighted by Crippen LogP contribution is -1.95. The van der Waals surface area contributed by atoms with Gasteiger partial charge in [0.25, 0.3) is 0 Å². The van der Waals surface area contributed by atoms with Gasteiger partial charge in [0.2, 0.25) is 11.6 Å². The van der Waals surface area contributed by atoms with Crippen LogP contribution in [-0.2, 0) is 7.05 Å². The van der Waals surface area contributed by atoms with Crippen LogP contribution in [0.2, 0.25) is 0 Å². The van der Waals surface area contributed by atoms with E-state index in [-0.39, 0.29) is 17.3 Å². The molecule has 0 spiro atoms. The summed E-state index contributed by atoms with van der Waals surface area (Å²) in [7, 11) is 1.67. The number of nitro groups is 1. The number of aromatic nitrogens is 2. The molecule has 0 N–H and O–H groups in total. The molecule has 0 unspecified atom stereocenters. The molecular weight excluding hydrogens is 229 g/mol. The van der Waals surface area contributed by atoms with Crippen LogP contribution in [0.15, 0.2) is 30.5 Å². The number of ether oxygens (including phenoxy) is 1. The Bertz CT molecular complexity index is 568. The van der Waals surface area contributed by atoms with E-state index in [0.29, 0.717) is 0 Å². The van der Waals surface area contributed by atoms with Crippen molar-refractivity contribution >= 4 is 5.69 Å². The maximum Gasteiger partial charge on any atom is 0.311 e. The lowest BCUT2D eigenvalue weighted by molar-refractivity contribution is -0.385. The minimum Gasteiger partial charge on any atom is -0.430 e. The number of hydrogen-bond donors (Lipinski definition) is 0. The van der Waals surface area contributed by atoms with Crippen molar-refractivity contribution in [1.29, 1.82) is 0 Å². The van der Waals surface area contributed by atoms with Crippen molar-refractivity contribution in [1.82, 2.24) is 9.78 Å². The van der Waals surface area contributed by atoms with Gasteiger partial charge in [-0.1, -0.05) is 0 Å². The molecule has 0 radical (unpaired) electrons. The summed E-state index contributed by atoms with van der Waals surface area (Å²) in [6.45, 7) is 0. The topological polar surface area (TPSA) is 70.2 Å². The van der Waals surface area contributed by atoms with Gasteiger partial charge in [-0.05, 0) is 6.07 Å². The Labute approximate surface area is 95.4 Å². The van der Waals surface area contributed by atoms with E-state index < -0.39 is 10.7 Å². The molecule has 0 aliphatic carbocycles. The summed E-state index contributed by atoms with van der Waals surface area (Å²) < 4.78 is 19.6. The van der Waals surface area contributed by atoms with Crippen LogP contribution in [0.3, 0.4) is 0 Å². The Balaban J connectivity index is 2.37. The van der Waals surface area contributed by atoms with E-state index in [2.05, 4.69) is 5.10 Å². The monoisotopic (exact) mass is 237 g/mol. The maximum absolute atomic E-state index is 13.0. The zero-order chi connectivity index (χ0) is 12.4. The predicted octanol–water partition coefficient (Wildman–Crippen LogP) is 2.26. The summed E-state index contributed by atoms with van der Waals surface area (Å²) in [4.78, 5) is 10.1. The smallest absolute Gasteiger partial charge is 0.311 e. The number of rotatable bonds is 3. The van der Waals surface area contributed by atoms with Crippen molar-refractivity contribution in [3.63, 3.8) is 0 Å². The highest BCUT2D eigenvalue weighted by Gasteiger charge is 2.17. The first-order valence-electron chi connectivity index (χ1n) is 4.68. The van der Waals surface area contributed by atoms with Crippen LogP contribution in [0.4, 0.5) is 10.1 Å². The molecule has 6 nitrogen and oxygen atoms in total. The summed E-state index contributed by atoms with van der Waals surface area (Å²) in [5, 5.41) is 14.6. The fraction of sp³-hybridized carbons (Fsp3) is 0.100. The Kier molecular flexibility index (Phi) is 2.73.